The lowest BCUT2D eigenvalue weighted by atomic mass is 10.1. The standard InChI is InChI=1S/C17H26N2O/c1-3-10-18-16-9-8-15(12-13(16)2)17(20)19-11-4-5-14-6-7-14/h8-9,12,14,18H,3-7,10-11H2,1-2H3,(H,19,20). The van der Waals surface area contributed by atoms with Gasteiger partial charge in [-0.05, 0) is 55.9 Å². The second kappa shape index (κ2) is 7.32. The third-order valence-electron chi connectivity index (χ3n) is 3.83. The Morgan fingerprint density at radius 2 is 2.10 bits per heavy atom. The number of anilines is 1. The van der Waals surface area contributed by atoms with E-state index < -0.39 is 0 Å². The number of amides is 1. The first kappa shape index (κ1) is 14.9. The zero-order valence-electron chi connectivity index (χ0n) is 12.7. The van der Waals surface area contributed by atoms with Crippen molar-refractivity contribution in [1.29, 1.82) is 0 Å². The Labute approximate surface area is 122 Å². The zero-order valence-corrected chi connectivity index (χ0v) is 12.7. The maximum absolute atomic E-state index is 12.1. The number of rotatable bonds is 8. The highest BCUT2D eigenvalue weighted by molar-refractivity contribution is 5.94. The highest BCUT2D eigenvalue weighted by atomic mass is 16.1. The minimum absolute atomic E-state index is 0.0472. The second-order valence-electron chi connectivity index (χ2n) is 5.80. The first-order valence-corrected chi connectivity index (χ1v) is 7.83. The summed E-state index contributed by atoms with van der Waals surface area (Å²) in [6.45, 7) is 5.95. The Hall–Kier alpha value is -1.51. The summed E-state index contributed by atoms with van der Waals surface area (Å²) in [5, 5.41) is 6.38. The lowest BCUT2D eigenvalue weighted by Crippen LogP contribution is -2.24. The van der Waals surface area contributed by atoms with Gasteiger partial charge in [-0.25, -0.2) is 0 Å². The van der Waals surface area contributed by atoms with Crippen molar-refractivity contribution in [1.82, 2.24) is 5.32 Å². The monoisotopic (exact) mass is 274 g/mol. The number of nitrogens with one attached hydrogen (secondary N) is 2. The molecule has 0 bridgehead atoms. The molecule has 110 valence electrons. The quantitative estimate of drug-likeness (QED) is 0.709. The van der Waals surface area contributed by atoms with E-state index in [1.165, 1.54) is 19.3 Å². The zero-order chi connectivity index (χ0) is 14.4. The number of benzene rings is 1. The second-order valence-corrected chi connectivity index (χ2v) is 5.80. The van der Waals surface area contributed by atoms with Gasteiger partial charge in [0.25, 0.3) is 5.91 Å². The molecule has 20 heavy (non-hydrogen) atoms. The van der Waals surface area contributed by atoms with Crippen LogP contribution in [0.5, 0.6) is 0 Å². The van der Waals surface area contributed by atoms with Crippen LogP contribution in [0.4, 0.5) is 5.69 Å². The minimum Gasteiger partial charge on any atom is -0.385 e. The number of carbonyl (C=O) groups excluding carboxylic acids is 1. The van der Waals surface area contributed by atoms with E-state index in [1.807, 2.05) is 25.1 Å². The van der Waals surface area contributed by atoms with E-state index in [4.69, 9.17) is 0 Å². The predicted molar refractivity (Wildman–Crippen MR) is 84.3 cm³/mol. The van der Waals surface area contributed by atoms with Crippen molar-refractivity contribution in [3.63, 3.8) is 0 Å². The summed E-state index contributed by atoms with van der Waals surface area (Å²) < 4.78 is 0. The first-order valence-electron chi connectivity index (χ1n) is 7.83. The van der Waals surface area contributed by atoms with E-state index in [0.717, 1.165) is 48.7 Å². The van der Waals surface area contributed by atoms with E-state index in [9.17, 15) is 4.79 Å². The highest BCUT2D eigenvalue weighted by Crippen LogP contribution is 2.33. The van der Waals surface area contributed by atoms with Crippen LogP contribution in [0.3, 0.4) is 0 Å². The maximum Gasteiger partial charge on any atom is 0.251 e. The molecule has 1 amide bonds. The molecule has 1 aromatic carbocycles. The number of hydrogen-bond donors (Lipinski definition) is 2. The van der Waals surface area contributed by atoms with Crippen molar-refractivity contribution in [3.8, 4) is 0 Å². The van der Waals surface area contributed by atoms with E-state index in [-0.39, 0.29) is 5.91 Å². The van der Waals surface area contributed by atoms with Gasteiger partial charge in [-0.15, -0.1) is 0 Å². The Morgan fingerprint density at radius 1 is 1.30 bits per heavy atom. The van der Waals surface area contributed by atoms with Crippen LogP contribution < -0.4 is 10.6 Å². The van der Waals surface area contributed by atoms with Crippen molar-refractivity contribution >= 4 is 11.6 Å². The van der Waals surface area contributed by atoms with Gasteiger partial charge in [-0.2, -0.15) is 0 Å². The molecule has 1 aromatic rings. The molecule has 0 spiro atoms. The lowest BCUT2D eigenvalue weighted by molar-refractivity contribution is 0.0952. The van der Waals surface area contributed by atoms with Gasteiger partial charge >= 0.3 is 0 Å². The number of hydrogen-bond acceptors (Lipinski definition) is 2. The van der Waals surface area contributed by atoms with Crippen LogP contribution in [0, 0.1) is 12.8 Å². The summed E-state index contributed by atoms with van der Waals surface area (Å²) >= 11 is 0. The molecule has 1 aliphatic carbocycles. The van der Waals surface area contributed by atoms with Gasteiger partial charge in [-0.3, -0.25) is 4.79 Å². The van der Waals surface area contributed by atoms with Crippen molar-refractivity contribution in [3.05, 3.63) is 29.3 Å². The van der Waals surface area contributed by atoms with Crippen LogP contribution in [0.25, 0.3) is 0 Å². The van der Waals surface area contributed by atoms with Gasteiger partial charge in [0.1, 0.15) is 0 Å². The molecule has 2 N–H and O–H groups in total. The molecule has 0 heterocycles. The lowest BCUT2D eigenvalue weighted by Gasteiger charge is -2.10. The number of aryl methyl sites for hydroxylation is 1. The molecule has 2 rings (SSSR count). The fourth-order valence-electron chi connectivity index (χ4n) is 2.36. The molecule has 0 unspecified atom stereocenters. The third-order valence-corrected chi connectivity index (χ3v) is 3.83. The van der Waals surface area contributed by atoms with E-state index >= 15 is 0 Å². The van der Waals surface area contributed by atoms with Crippen LogP contribution in [-0.4, -0.2) is 19.0 Å². The third kappa shape index (κ3) is 4.55. The molecule has 1 aliphatic rings. The fraction of sp³-hybridized carbons (Fsp3) is 0.588. The smallest absolute Gasteiger partial charge is 0.251 e. The summed E-state index contributed by atoms with van der Waals surface area (Å²) in [5.74, 6) is 0.990. The molecule has 0 aliphatic heterocycles. The maximum atomic E-state index is 12.1. The van der Waals surface area contributed by atoms with Crippen LogP contribution in [0.2, 0.25) is 0 Å². The van der Waals surface area contributed by atoms with Gasteiger partial charge in [0.15, 0.2) is 0 Å². The predicted octanol–water partition coefficient (Wildman–Crippen LogP) is 3.74. The average Bonchev–Trinajstić information content (AvgIpc) is 3.26. The van der Waals surface area contributed by atoms with Crippen molar-refractivity contribution < 1.29 is 4.79 Å². The normalized spacial score (nSPS) is 14.1. The first-order chi connectivity index (χ1) is 9.70. The molecule has 3 heteroatoms. The van der Waals surface area contributed by atoms with Crippen LogP contribution in [-0.2, 0) is 0 Å². The Bertz CT molecular complexity index is 452. The molecular formula is C17H26N2O. The largest absolute Gasteiger partial charge is 0.385 e. The Kier molecular flexibility index (Phi) is 5.45. The van der Waals surface area contributed by atoms with Crippen molar-refractivity contribution in [2.75, 3.05) is 18.4 Å². The minimum atomic E-state index is 0.0472. The molecule has 1 fully saturated rings. The van der Waals surface area contributed by atoms with E-state index in [1.54, 1.807) is 0 Å². The molecule has 0 atom stereocenters. The number of carbonyl (C=O) groups is 1. The van der Waals surface area contributed by atoms with Crippen LogP contribution in [0.15, 0.2) is 18.2 Å². The van der Waals surface area contributed by atoms with E-state index in [2.05, 4.69) is 17.6 Å². The van der Waals surface area contributed by atoms with Gasteiger partial charge < -0.3 is 10.6 Å². The molecule has 0 aromatic heterocycles. The molecule has 3 nitrogen and oxygen atoms in total. The van der Waals surface area contributed by atoms with E-state index in [0.29, 0.717) is 0 Å². The SMILES string of the molecule is CCCNc1ccc(C(=O)NCCCC2CC2)cc1C. The topological polar surface area (TPSA) is 41.1 Å². The Balaban J connectivity index is 1.80. The summed E-state index contributed by atoms with van der Waals surface area (Å²) in [6.07, 6.45) is 6.24. The molecule has 0 saturated heterocycles. The fourth-order valence-corrected chi connectivity index (χ4v) is 2.36. The van der Waals surface area contributed by atoms with Crippen molar-refractivity contribution in [2.24, 2.45) is 5.92 Å². The summed E-state index contributed by atoms with van der Waals surface area (Å²) in [5.41, 5.74) is 3.01. The Morgan fingerprint density at radius 3 is 2.75 bits per heavy atom. The summed E-state index contributed by atoms with van der Waals surface area (Å²) in [7, 11) is 0. The average molecular weight is 274 g/mol. The van der Waals surface area contributed by atoms with Gasteiger partial charge in [0, 0.05) is 24.3 Å². The van der Waals surface area contributed by atoms with Gasteiger partial charge in [0.2, 0.25) is 0 Å². The van der Waals surface area contributed by atoms with Crippen LogP contribution in [0.1, 0.15) is 54.9 Å². The summed E-state index contributed by atoms with van der Waals surface area (Å²) in [6, 6.07) is 5.87. The molecular weight excluding hydrogens is 248 g/mol. The van der Waals surface area contributed by atoms with Gasteiger partial charge in [0.05, 0.1) is 0 Å². The van der Waals surface area contributed by atoms with Crippen LogP contribution >= 0.6 is 0 Å². The van der Waals surface area contributed by atoms with Gasteiger partial charge in [-0.1, -0.05) is 19.8 Å². The molecule has 1 saturated carbocycles. The summed E-state index contributed by atoms with van der Waals surface area (Å²) in [4.78, 5) is 12.1. The molecule has 0 radical (unpaired) electrons. The van der Waals surface area contributed by atoms with Crippen molar-refractivity contribution in [2.45, 2.75) is 46.0 Å². The highest BCUT2D eigenvalue weighted by Gasteiger charge is 2.20.